The van der Waals surface area contributed by atoms with Gasteiger partial charge in [-0.25, -0.2) is 4.79 Å². The molecule has 0 aliphatic heterocycles. The summed E-state index contributed by atoms with van der Waals surface area (Å²) in [5, 5.41) is 46.0. The van der Waals surface area contributed by atoms with Gasteiger partial charge in [0.2, 0.25) is 0 Å². The zero-order chi connectivity index (χ0) is 11.5. The van der Waals surface area contributed by atoms with Crippen LogP contribution in [0, 0.1) is 0 Å². The first-order valence-electron chi connectivity index (χ1n) is 3.26. The summed E-state index contributed by atoms with van der Waals surface area (Å²) in [5.74, 6) is -6.51. The third kappa shape index (κ3) is 4.18. The Bertz CT molecular complexity index is 280. The first-order valence-corrected chi connectivity index (χ1v) is 3.26. The molecule has 0 saturated carbocycles. The van der Waals surface area contributed by atoms with Crippen molar-refractivity contribution in [2.75, 3.05) is 0 Å². The van der Waals surface area contributed by atoms with Crippen molar-refractivity contribution in [2.45, 2.75) is 18.1 Å². The Morgan fingerprint density at radius 3 is 1.75 bits per heavy atom. The van der Waals surface area contributed by atoms with Crippen molar-refractivity contribution < 1.29 is 39.9 Å². The number of carbonyl (C=O) groups excluding carboxylic acids is 2. The van der Waals surface area contributed by atoms with E-state index in [1.54, 1.807) is 0 Å². The number of aliphatic carboxylic acids is 3. The van der Waals surface area contributed by atoms with E-state index in [1.807, 2.05) is 0 Å². The molecule has 0 amide bonds. The van der Waals surface area contributed by atoms with E-state index in [2.05, 4.69) is 0 Å². The Balaban J connectivity index is -0.000000845. The summed E-state index contributed by atoms with van der Waals surface area (Å²) in [6.45, 7) is 0. The molecule has 0 aromatic heterocycles. The zero-order valence-corrected chi connectivity index (χ0v) is 8.67. The van der Waals surface area contributed by atoms with Crippen molar-refractivity contribution >= 4 is 17.9 Å². The lowest BCUT2D eigenvalue weighted by Crippen LogP contribution is -2.59. The van der Waals surface area contributed by atoms with Gasteiger partial charge < -0.3 is 47.4 Å². The van der Waals surface area contributed by atoms with Crippen LogP contribution in [0.15, 0.2) is 0 Å². The van der Waals surface area contributed by atoms with Crippen LogP contribution in [0.1, 0.15) is 6.42 Å². The molecule has 0 aromatic carbocycles. The van der Waals surface area contributed by atoms with E-state index < -0.39 is 36.0 Å². The maximum atomic E-state index is 10.3. The van der Waals surface area contributed by atoms with Gasteiger partial charge in [0.25, 0.3) is 0 Å². The van der Waals surface area contributed by atoms with Crippen molar-refractivity contribution in [3.8, 4) is 0 Å². The highest BCUT2D eigenvalue weighted by Gasteiger charge is 2.44. The average Bonchev–Trinajstić information content (AvgIpc) is 2.00. The molecule has 2 unspecified atom stereocenters. The minimum atomic E-state index is -3.35. The second-order valence-electron chi connectivity index (χ2n) is 2.50. The third-order valence-electron chi connectivity index (χ3n) is 1.46. The fourth-order valence-electron chi connectivity index (χ4n) is 0.704. The number of rotatable bonds is 5. The minimum absolute atomic E-state index is 0. The Kier molecular flexibility index (Phi) is 8.26. The smallest absolute Gasteiger partial charge is 0.339 e. The van der Waals surface area contributed by atoms with E-state index in [9.17, 15) is 24.6 Å². The van der Waals surface area contributed by atoms with Gasteiger partial charge >= 0.3 is 5.97 Å². The van der Waals surface area contributed by atoms with Gasteiger partial charge in [-0.1, -0.05) is 0 Å². The van der Waals surface area contributed by atoms with E-state index in [0.29, 0.717) is 0 Å². The predicted molar refractivity (Wildman–Crippen MR) is 45.2 cm³/mol. The summed E-state index contributed by atoms with van der Waals surface area (Å²) in [6.07, 6.45) is -4.41. The highest BCUT2D eigenvalue weighted by atomic mass is 16.4. The summed E-state index contributed by atoms with van der Waals surface area (Å²) in [7, 11) is 0. The van der Waals surface area contributed by atoms with Crippen LogP contribution in [0.4, 0.5) is 0 Å². The topological polar surface area (TPSA) is 231 Å². The number of carbonyl (C=O) groups is 3. The third-order valence-corrected chi connectivity index (χ3v) is 1.46. The molecule has 0 saturated heterocycles. The van der Waals surface area contributed by atoms with Crippen molar-refractivity contribution in [1.29, 1.82) is 0 Å². The Hall–Kier alpha value is -1.75. The number of hydrogen-bond acceptors (Lipinski definition) is 7. The van der Waals surface area contributed by atoms with Crippen LogP contribution in [0.25, 0.3) is 0 Å². The molecule has 0 rings (SSSR count). The molecule has 0 bridgehead atoms. The second-order valence-corrected chi connectivity index (χ2v) is 2.50. The van der Waals surface area contributed by atoms with E-state index in [1.165, 1.54) is 0 Å². The molecule has 0 spiro atoms. The van der Waals surface area contributed by atoms with Crippen LogP contribution in [0.5, 0.6) is 0 Å². The molecule has 10 nitrogen and oxygen atoms in total. The van der Waals surface area contributed by atoms with Crippen molar-refractivity contribution in [3.63, 3.8) is 0 Å². The molecule has 16 heavy (non-hydrogen) atoms. The summed E-state index contributed by atoms with van der Waals surface area (Å²) in [4.78, 5) is 30.3. The monoisotopic (exact) mass is 242 g/mol. The SMILES string of the molecule is O=C([O-])CC(O)(C(=O)O)C(O)C(=O)[O-].[NH4+].[NH4+]. The number of quaternary nitrogens is 2. The Morgan fingerprint density at radius 1 is 1.19 bits per heavy atom. The number of hydrogen-bond donors (Lipinski definition) is 5. The molecule has 0 heterocycles. The normalized spacial score (nSPS) is 14.6. The molecule has 11 N–H and O–H groups in total. The van der Waals surface area contributed by atoms with Gasteiger partial charge in [-0.3, -0.25) is 0 Å². The van der Waals surface area contributed by atoms with Crippen molar-refractivity contribution in [1.82, 2.24) is 12.3 Å². The van der Waals surface area contributed by atoms with Crippen LogP contribution in [0.3, 0.4) is 0 Å². The Labute approximate surface area is 89.3 Å². The lowest BCUT2D eigenvalue weighted by molar-refractivity contribution is -0.325. The Morgan fingerprint density at radius 2 is 1.56 bits per heavy atom. The second kappa shape index (κ2) is 6.68. The number of carboxylic acids is 3. The number of carboxylic acid groups (broad SMARTS) is 3. The van der Waals surface area contributed by atoms with E-state index in [4.69, 9.17) is 15.3 Å². The summed E-state index contributed by atoms with van der Waals surface area (Å²) in [5.41, 5.74) is -3.35. The molecule has 96 valence electrons. The first kappa shape index (κ1) is 19.8. The van der Waals surface area contributed by atoms with Gasteiger partial charge in [0, 0.05) is 12.4 Å². The van der Waals surface area contributed by atoms with Gasteiger partial charge in [0.15, 0.2) is 5.60 Å². The fourth-order valence-corrected chi connectivity index (χ4v) is 0.704. The predicted octanol–water partition coefficient (Wildman–Crippen LogP) is -4.19. The molecule has 0 aromatic rings. The molecule has 0 fully saturated rings. The standard InChI is InChI=1S/C6H8O8.2H3N/c7-2(8)1-6(14,5(12)13)3(9)4(10)11;;/h3,9,14H,1H2,(H,7,8)(H,10,11)(H,12,13);2*1H3. The van der Waals surface area contributed by atoms with Crippen LogP contribution in [-0.4, -0.2) is 44.9 Å². The quantitative estimate of drug-likeness (QED) is 0.316. The first-order chi connectivity index (χ1) is 6.21. The molecule has 10 heteroatoms. The molecule has 0 aliphatic rings. The highest BCUT2D eigenvalue weighted by molar-refractivity contribution is 5.89. The lowest BCUT2D eigenvalue weighted by Gasteiger charge is -2.29. The van der Waals surface area contributed by atoms with Gasteiger partial charge in [-0.2, -0.15) is 0 Å². The summed E-state index contributed by atoms with van der Waals surface area (Å²) in [6, 6.07) is 0. The average molecular weight is 242 g/mol. The lowest BCUT2D eigenvalue weighted by atomic mass is 9.93. The summed E-state index contributed by atoms with van der Waals surface area (Å²) < 4.78 is 0. The van der Waals surface area contributed by atoms with Crippen molar-refractivity contribution in [2.24, 2.45) is 0 Å². The van der Waals surface area contributed by atoms with Gasteiger partial charge in [0.1, 0.15) is 6.10 Å². The zero-order valence-electron chi connectivity index (χ0n) is 8.67. The molecular formula is C6H14N2O8. The van der Waals surface area contributed by atoms with Crippen LogP contribution >= 0.6 is 0 Å². The van der Waals surface area contributed by atoms with E-state index in [0.717, 1.165) is 0 Å². The summed E-state index contributed by atoms with van der Waals surface area (Å²) >= 11 is 0. The number of aliphatic hydroxyl groups is 2. The molecule has 0 aliphatic carbocycles. The van der Waals surface area contributed by atoms with Crippen LogP contribution in [-0.2, 0) is 14.4 Å². The number of aliphatic hydroxyl groups excluding tert-OH is 1. The fraction of sp³-hybridized carbons (Fsp3) is 0.500. The van der Waals surface area contributed by atoms with Gasteiger partial charge in [0.05, 0.1) is 5.97 Å². The molecular weight excluding hydrogens is 228 g/mol. The van der Waals surface area contributed by atoms with Crippen LogP contribution in [0.2, 0.25) is 0 Å². The van der Waals surface area contributed by atoms with Crippen LogP contribution < -0.4 is 22.5 Å². The van der Waals surface area contributed by atoms with Gasteiger partial charge in [-0.05, 0) is 0 Å². The highest BCUT2D eigenvalue weighted by Crippen LogP contribution is 2.15. The van der Waals surface area contributed by atoms with Gasteiger partial charge in [-0.15, -0.1) is 0 Å². The maximum absolute atomic E-state index is 10.3. The maximum Gasteiger partial charge on any atom is 0.339 e. The van der Waals surface area contributed by atoms with E-state index in [-0.39, 0.29) is 12.3 Å². The largest absolute Gasteiger partial charge is 0.550 e. The minimum Gasteiger partial charge on any atom is -0.550 e. The van der Waals surface area contributed by atoms with E-state index >= 15 is 0 Å². The molecule has 0 radical (unpaired) electrons. The molecule has 2 atom stereocenters. The van der Waals surface area contributed by atoms with Crippen molar-refractivity contribution in [3.05, 3.63) is 0 Å².